The maximum atomic E-state index is 12.5. The average Bonchev–Trinajstić information content (AvgIpc) is 2.66. The zero-order chi connectivity index (χ0) is 13.8. The molecule has 0 aromatic carbocycles. The molecule has 1 atom stereocenters. The Morgan fingerprint density at radius 2 is 2.32 bits per heavy atom. The minimum atomic E-state index is 0.0311. The molecular formula is C14H24N4O. The van der Waals surface area contributed by atoms with Crippen LogP contribution in [0.3, 0.4) is 0 Å². The summed E-state index contributed by atoms with van der Waals surface area (Å²) in [6, 6.07) is 0.0311. The van der Waals surface area contributed by atoms with Crippen LogP contribution in [0.15, 0.2) is 6.20 Å². The number of nitrogens with zero attached hydrogens (tertiary/aromatic N) is 3. The van der Waals surface area contributed by atoms with Crippen molar-refractivity contribution < 1.29 is 4.79 Å². The van der Waals surface area contributed by atoms with Crippen LogP contribution in [0.5, 0.6) is 0 Å². The van der Waals surface area contributed by atoms with Gasteiger partial charge < -0.3 is 9.88 Å². The SMILES string of the molecule is Cc1cnc(CN(C)C(=O)[C@H]2CCCCCN2C)[nH]1. The quantitative estimate of drug-likeness (QED) is 0.901. The molecule has 5 nitrogen and oxygen atoms in total. The summed E-state index contributed by atoms with van der Waals surface area (Å²) in [5, 5.41) is 0. The molecule has 1 saturated heterocycles. The molecule has 0 unspecified atom stereocenters. The Morgan fingerprint density at radius 1 is 1.53 bits per heavy atom. The highest BCUT2D eigenvalue weighted by atomic mass is 16.2. The van der Waals surface area contributed by atoms with Crippen LogP contribution in [0.2, 0.25) is 0 Å². The molecule has 1 aromatic heterocycles. The van der Waals surface area contributed by atoms with Crippen LogP contribution in [0, 0.1) is 6.92 Å². The minimum Gasteiger partial charge on any atom is -0.345 e. The van der Waals surface area contributed by atoms with Gasteiger partial charge in [-0.25, -0.2) is 4.98 Å². The molecule has 19 heavy (non-hydrogen) atoms. The Hall–Kier alpha value is -1.36. The fourth-order valence-corrected chi connectivity index (χ4v) is 2.67. The molecule has 5 heteroatoms. The summed E-state index contributed by atoms with van der Waals surface area (Å²) in [5.74, 6) is 1.06. The summed E-state index contributed by atoms with van der Waals surface area (Å²) in [7, 11) is 3.91. The third-order valence-corrected chi connectivity index (χ3v) is 3.82. The van der Waals surface area contributed by atoms with E-state index in [4.69, 9.17) is 0 Å². The molecule has 0 aliphatic carbocycles. The molecule has 0 radical (unpaired) electrons. The van der Waals surface area contributed by atoms with E-state index in [2.05, 4.69) is 21.9 Å². The second-order valence-electron chi connectivity index (χ2n) is 5.55. The fourth-order valence-electron chi connectivity index (χ4n) is 2.67. The maximum Gasteiger partial charge on any atom is 0.240 e. The van der Waals surface area contributed by atoms with Crippen LogP contribution < -0.4 is 0 Å². The van der Waals surface area contributed by atoms with E-state index < -0.39 is 0 Å². The third kappa shape index (κ3) is 3.56. The third-order valence-electron chi connectivity index (χ3n) is 3.82. The van der Waals surface area contributed by atoms with Gasteiger partial charge >= 0.3 is 0 Å². The number of hydrogen-bond donors (Lipinski definition) is 1. The summed E-state index contributed by atoms with van der Waals surface area (Å²) < 4.78 is 0. The Balaban J connectivity index is 1.97. The van der Waals surface area contributed by atoms with Gasteiger partial charge in [0.2, 0.25) is 5.91 Å². The zero-order valence-corrected chi connectivity index (χ0v) is 12.1. The highest BCUT2D eigenvalue weighted by Crippen LogP contribution is 2.17. The second kappa shape index (κ2) is 6.19. The van der Waals surface area contributed by atoms with Crippen molar-refractivity contribution in [2.45, 2.75) is 45.2 Å². The molecule has 2 rings (SSSR count). The molecule has 1 N–H and O–H groups in total. The monoisotopic (exact) mass is 264 g/mol. The summed E-state index contributed by atoms with van der Waals surface area (Å²) in [6.45, 7) is 3.54. The molecule has 1 aromatic rings. The van der Waals surface area contributed by atoms with E-state index in [9.17, 15) is 4.79 Å². The van der Waals surface area contributed by atoms with Gasteiger partial charge in [0, 0.05) is 18.9 Å². The maximum absolute atomic E-state index is 12.5. The Bertz CT molecular complexity index is 429. The van der Waals surface area contributed by atoms with E-state index in [1.165, 1.54) is 12.8 Å². The normalized spacial score (nSPS) is 21.1. The van der Waals surface area contributed by atoms with E-state index in [0.717, 1.165) is 30.9 Å². The van der Waals surface area contributed by atoms with Crippen LogP contribution in [-0.2, 0) is 11.3 Å². The number of hydrogen-bond acceptors (Lipinski definition) is 3. The number of aryl methyl sites for hydroxylation is 1. The first kappa shape index (κ1) is 14.1. The number of aromatic amines is 1. The van der Waals surface area contributed by atoms with Crippen molar-refractivity contribution in [3.05, 3.63) is 17.7 Å². The van der Waals surface area contributed by atoms with Crippen LogP contribution in [0.4, 0.5) is 0 Å². The van der Waals surface area contributed by atoms with Crippen molar-refractivity contribution >= 4 is 5.91 Å². The Morgan fingerprint density at radius 3 is 3.00 bits per heavy atom. The lowest BCUT2D eigenvalue weighted by Gasteiger charge is -2.28. The van der Waals surface area contributed by atoms with E-state index in [-0.39, 0.29) is 11.9 Å². The Kier molecular flexibility index (Phi) is 4.58. The molecule has 1 aliphatic heterocycles. The Labute approximate surface area is 115 Å². The standard InChI is InChI=1S/C14H24N4O/c1-11-9-15-13(16-11)10-18(3)14(19)12-7-5-4-6-8-17(12)2/h9,12H,4-8,10H2,1-3H3,(H,15,16)/t12-/m1/s1. The molecule has 1 fully saturated rings. The van der Waals surface area contributed by atoms with Gasteiger partial charge in [-0.3, -0.25) is 9.69 Å². The van der Waals surface area contributed by atoms with Crippen molar-refractivity contribution in [2.24, 2.45) is 0 Å². The second-order valence-corrected chi connectivity index (χ2v) is 5.55. The van der Waals surface area contributed by atoms with Gasteiger partial charge in [-0.2, -0.15) is 0 Å². The van der Waals surface area contributed by atoms with Gasteiger partial charge in [-0.15, -0.1) is 0 Å². The topological polar surface area (TPSA) is 52.2 Å². The number of amides is 1. The van der Waals surface area contributed by atoms with Crippen LogP contribution >= 0.6 is 0 Å². The summed E-state index contributed by atoms with van der Waals surface area (Å²) >= 11 is 0. The van der Waals surface area contributed by atoms with Crippen molar-refractivity contribution in [2.75, 3.05) is 20.6 Å². The molecule has 2 heterocycles. The number of imidazole rings is 1. The number of rotatable bonds is 3. The first-order valence-corrected chi connectivity index (χ1v) is 7.03. The van der Waals surface area contributed by atoms with Crippen molar-refractivity contribution in [1.29, 1.82) is 0 Å². The van der Waals surface area contributed by atoms with E-state index in [1.54, 1.807) is 11.1 Å². The smallest absolute Gasteiger partial charge is 0.240 e. The van der Waals surface area contributed by atoms with Gasteiger partial charge in [0.15, 0.2) is 0 Å². The molecule has 1 aliphatic rings. The largest absolute Gasteiger partial charge is 0.345 e. The predicted molar refractivity (Wildman–Crippen MR) is 74.7 cm³/mol. The van der Waals surface area contributed by atoms with Crippen molar-refractivity contribution in [3.8, 4) is 0 Å². The van der Waals surface area contributed by atoms with Gasteiger partial charge in [0.1, 0.15) is 5.82 Å². The molecule has 1 amide bonds. The van der Waals surface area contributed by atoms with Crippen LogP contribution in [0.25, 0.3) is 0 Å². The minimum absolute atomic E-state index is 0.0311. The lowest BCUT2D eigenvalue weighted by molar-refractivity contribution is -0.135. The number of likely N-dealkylation sites (N-methyl/N-ethyl adjacent to an activating group) is 2. The highest BCUT2D eigenvalue weighted by molar-refractivity contribution is 5.81. The molecule has 0 saturated carbocycles. The molecule has 0 bridgehead atoms. The average molecular weight is 264 g/mol. The van der Waals surface area contributed by atoms with Crippen molar-refractivity contribution in [3.63, 3.8) is 0 Å². The lowest BCUT2D eigenvalue weighted by atomic mass is 10.1. The summed E-state index contributed by atoms with van der Waals surface area (Å²) in [6.07, 6.45) is 6.34. The van der Waals surface area contributed by atoms with Gasteiger partial charge in [-0.1, -0.05) is 12.8 Å². The molecule has 0 spiro atoms. The predicted octanol–water partition coefficient (Wildman–Crippen LogP) is 1.55. The number of carbonyl (C=O) groups is 1. The number of H-pyrrole nitrogens is 1. The molecule has 106 valence electrons. The first-order chi connectivity index (χ1) is 9.08. The van der Waals surface area contributed by atoms with Crippen molar-refractivity contribution in [1.82, 2.24) is 19.8 Å². The number of nitrogens with one attached hydrogen (secondary N) is 1. The van der Waals surface area contributed by atoms with E-state index >= 15 is 0 Å². The summed E-state index contributed by atoms with van der Waals surface area (Å²) in [4.78, 5) is 23.9. The van der Waals surface area contributed by atoms with Crippen LogP contribution in [0.1, 0.15) is 37.2 Å². The number of carbonyl (C=O) groups excluding carboxylic acids is 1. The first-order valence-electron chi connectivity index (χ1n) is 7.03. The van der Waals surface area contributed by atoms with Gasteiger partial charge in [-0.05, 0) is 33.4 Å². The van der Waals surface area contributed by atoms with E-state index in [0.29, 0.717) is 6.54 Å². The molecular weight excluding hydrogens is 240 g/mol. The fraction of sp³-hybridized carbons (Fsp3) is 0.714. The highest BCUT2D eigenvalue weighted by Gasteiger charge is 2.27. The zero-order valence-electron chi connectivity index (χ0n) is 12.1. The van der Waals surface area contributed by atoms with E-state index in [1.807, 2.05) is 14.0 Å². The lowest BCUT2D eigenvalue weighted by Crippen LogP contribution is -2.45. The number of likely N-dealkylation sites (tertiary alicyclic amines) is 1. The van der Waals surface area contributed by atoms with Crippen LogP contribution in [-0.4, -0.2) is 52.4 Å². The van der Waals surface area contributed by atoms with Gasteiger partial charge in [0.05, 0.1) is 12.6 Å². The van der Waals surface area contributed by atoms with Gasteiger partial charge in [0.25, 0.3) is 0 Å². The number of aromatic nitrogens is 2. The summed E-state index contributed by atoms with van der Waals surface area (Å²) in [5.41, 5.74) is 1.03.